The number of hydrogen-bond acceptors (Lipinski definition) is 6. The summed E-state index contributed by atoms with van der Waals surface area (Å²) in [6, 6.07) is 10.2. The van der Waals surface area contributed by atoms with E-state index < -0.39 is 31.1 Å². The average Bonchev–Trinajstić information content (AvgIpc) is 3.25. The zero-order valence-electron chi connectivity index (χ0n) is 14.1. The Labute approximate surface area is 153 Å². The molecule has 140 valence electrons. The van der Waals surface area contributed by atoms with Crippen LogP contribution in [0.3, 0.4) is 0 Å². The largest absolute Gasteiger partial charge is 0.394 e. The lowest BCUT2D eigenvalue weighted by molar-refractivity contribution is -0.0225. The zero-order valence-corrected chi connectivity index (χ0v) is 14.1. The maximum Gasteiger partial charge on any atom is 0.257 e. The van der Waals surface area contributed by atoms with Crippen LogP contribution in [0, 0.1) is 0 Å². The summed E-state index contributed by atoms with van der Waals surface area (Å²) in [4.78, 5) is 20.5. The first-order valence-electron chi connectivity index (χ1n) is 8.36. The van der Waals surface area contributed by atoms with Crippen LogP contribution in [0.5, 0.6) is 0 Å². The molecule has 4 rings (SSSR count). The molecule has 0 aliphatic carbocycles. The topological polar surface area (TPSA) is 109 Å². The molecule has 3 heterocycles. The highest BCUT2D eigenvalue weighted by Crippen LogP contribution is 2.36. The number of carbonyl (C=O) groups excluding carboxylic acids is 1. The second kappa shape index (κ2) is 7.03. The number of nitrogens with one attached hydrogen (secondary N) is 1. The number of aliphatic hydroxyl groups excluding tert-OH is 2. The second-order valence-corrected chi connectivity index (χ2v) is 6.23. The number of alkyl halides is 1. The molecule has 0 unspecified atom stereocenters. The van der Waals surface area contributed by atoms with E-state index in [1.54, 1.807) is 42.6 Å². The zero-order chi connectivity index (χ0) is 19.0. The van der Waals surface area contributed by atoms with Gasteiger partial charge in [0.05, 0.1) is 6.61 Å². The first-order chi connectivity index (χ1) is 13.1. The monoisotopic (exact) mass is 372 g/mol. The quantitative estimate of drug-likeness (QED) is 0.633. The van der Waals surface area contributed by atoms with Crippen molar-refractivity contribution >= 4 is 17.5 Å². The summed E-state index contributed by atoms with van der Waals surface area (Å²) in [6.07, 6.45) is -2.30. The third-order valence-electron chi connectivity index (χ3n) is 4.51. The Balaban J connectivity index is 1.64. The lowest BCUT2D eigenvalue weighted by Gasteiger charge is -2.10. The number of carbonyl (C=O) groups is 1. The van der Waals surface area contributed by atoms with Crippen LogP contribution in [0.15, 0.2) is 48.9 Å². The SMILES string of the molecule is O=C(Nc1ncnc2cc([C@@H]3O[C@H](CO)[C@@H](O)[C@@H]3F)cn12)c1ccccc1. The van der Waals surface area contributed by atoms with Crippen molar-refractivity contribution in [2.45, 2.75) is 24.5 Å². The minimum Gasteiger partial charge on any atom is -0.394 e. The smallest absolute Gasteiger partial charge is 0.257 e. The van der Waals surface area contributed by atoms with Gasteiger partial charge in [-0.25, -0.2) is 14.4 Å². The first kappa shape index (κ1) is 17.5. The van der Waals surface area contributed by atoms with Gasteiger partial charge in [0.1, 0.15) is 30.3 Å². The number of amides is 1. The fourth-order valence-electron chi connectivity index (χ4n) is 3.10. The molecule has 1 fully saturated rings. The number of anilines is 1. The van der Waals surface area contributed by atoms with Crippen molar-refractivity contribution in [1.29, 1.82) is 0 Å². The molecule has 1 aliphatic heterocycles. The van der Waals surface area contributed by atoms with E-state index in [1.165, 1.54) is 10.7 Å². The van der Waals surface area contributed by atoms with E-state index in [4.69, 9.17) is 4.74 Å². The number of ether oxygens (including phenoxy) is 1. The van der Waals surface area contributed by atoms with E-state index in [2.05, 4.69) is 15.3 Å². The molecule has 0 saturated carbocycles. The van der Waals surface area contributed by atoms with E-state index >= 15 is 0 Å². The number of aromatic nitrogens is 3. The van der Waals surface area contributed by atoms with E-state index in [9.17, 15) is 19.4 Å². The van der Waals surface area contributed by atoms with Gasteiger partial charge in [0, 0.05) is 17.3 Å². The summed E-state index contributed by atoms with van der Waals surface area (Å²) in [7, 11) is 0. The summed E-state index contributed by atoms with van der Waals surface area (Å²) in [6.45, 7) is -0.482. The summed E-state index contributed by atoms with van der Waals surface area (Å²) in [5.41, 5.74) is 1.32. The van der Waals surface area contributed by atoms with Crippen LogP contribution in [-0.4, -0.2) is 55.5 Å². The van der Waals surface area contributed by atoms with Gasteiger partial charge in [-0.3, -0.25) is 14.5 Å². The van der Waals surface area contributed by atoms with Gasteiger partial charge in [-0.1, -0.05) is 18.2 Å². The summed E-state index contributed by atoms with van der Waals surface area (Å²) < 4.78 is 21.3. The number of rotatable bonds is 4. The minimum atomic E-state index is -1.69. The number of nitrogens with zero attached hydrogens (tertiary/aromatic N) is 3. The Morgan fingerprint density at radius 2 is 2.07 bits per heavy atom. The van der Waals surface area contributed by atoms with E-state index in [-0.39, 0.29) is 11.9 Å². The maximum absolute atomic E-state index is 14.4. The lowest BCUT2D eigenvalue weighted by Crippen LogP contribution is -2.30. The Morgan fingerprint density at radius 3 is 2.78 bits per heavy atom. The molecule has 27 heavy (non-hydrogen) atoms. The van der Waals surface area contributed by atoms with Gasteiger partial charge >= 0.3 is 0 Å². The van der Waals surface area contributed by atoms with Crippen LogP contribution in [-0.2, 0) is 4.74 Å². The van der Waals surface area contributed by atoms with Crippen molar-refractivity contribution in [3.8, 4) is 0 Å². The third kappa shape index (κ3) is 3.16. The number of aliphatic hydroxyl groups is 2. The highest BCUT2D eigenvalue weighted by molar-refractivity contribution is 6.03. The highest BCUT2D eigenvalue weighted by atomic mass is 19.1. The van der Waals surface area contributed by atoms with Crippen LogP contribution in [0.25, 0.3) is 5.65 Å². The van der Waals surface area contributed by atoms with Gasteiger partial charge in [-0.05, 0) is 18.2 Å². The molecule has 2 aromatic heterocycles. The molecule has 9 heteroatoms. The molecule has 3 aromatic rings. The van der Waals surface area contributed by atoms with Crippen molar-refractivity contribution < 1.29 is 24.1 Å². The first-order valence-corrected chi connectivity index (χ1v) is 8.36. The van der Waals surface area contributed by atoms with Crippen molar-refractivity contribution in [3.63, 3.8) is 0 Å². The van der Waals surface area contributed by atoms with Crippen LogP contribution < -0.4 is 5.32 Å². The normalized spacial score (nSPS) is 25.0. The number of benzene rings is 1. The third-order valence-corrected chi connectivity index (χ3v) is 4.51. The molecule has 1 aliphatic rings. The summed E-state index contributed by atoms with van der Waals surface area (Å²) in [5.74, 6) is -0.130. The molecule has 0 radical (unpaired) electrons. The van der Waals surface area contributed by atoms with Crippen molar-refractivity contribution in [2.24, 2.45) is 0 Å². The van der Waals surface area contributed by atoms with Crippen LogP contribution in [0.2, 0.25) is 0 Å². The Kier molecular flexibility index (Phi) is 4.56. The Hall–Kier alpha value is -2.88. The van der Waals surface area contributed by atoms with E-state index in [0.29, 0.717) is 16.8 Å². The van der Waals surface area contributed by atoms with E-state index in [1.807, 2.05) is 0 Å². The van der Waals surface area contributed by atoms with Crippen LogP contribution >= 0.6 is 0 Å². The van der Waals surface area contributed by atoms with Gasteiger partial charge in [-0.2, -0.15) is 0 Å². The standard InChI is InChI=1S/C18H17FN4O4/c19-14-15(25)12(8-24)27-16(14)11-6-13-20-9-21-18(23(13)7-11)22-17(26)10-4-2-1-3-5-10/h1-7,9,12,14-16,24-25H,8H2,(H,20,21,22,26)/t12-,14+,15-,16+/m1/s1. The molecule has 0 spiro atoms. The number of fused-ring (bicyclic) bond motifs is 1. The Bertz CT molecular complexity index is 964. The highest BCUT2D eigenvalue weighted by Gasteiger charge is 2.44. The molecule has 3 N–H and O–H groups in total. The predicted molar refractivity (Wildman–Crippen MR) is 93.0 cm³/mol. The van der Waals surface area contributed by atoms with Crippen LogP contribution in [0.1, 0.15) is 22.0 Å². The fourth-order valence-corrected chi connectivity index (χ4v) is 3.10. The van der Waals surface area contributed by atoms with E-state index in [0.717, 1.165) is 0 Å². The average molecular weight is 372 g/mol. The van der Waals surface area contributed by atoms with Gasteiger partial charge in [0.25, 0.3) is 5.91 Å². The van der Waals surface area contributed by atoms with Crippen molar-refractivity contribution in [1.82, 2.24) is 14.4 Å². The second-order valence-electron chi connectivity index (χ2n) is 6.23. The molecular formula is C18H17FN4O4. The molecule has 4 atom stereocenters. The van der Waals surface area contributed by atoms with Crippen LogP contribution in [0.4, 0.5) is 10.3 Å². The molecule has 0 bridgehead atoms. The fraction of sp³-hybridized carbons (Fsp3) is 0.278. The molecule has 1 saturated heterocycles. The molecule has 8 nitrogen and oxygen atoms in total. The van der Waals surface area contributed by atoms with Gasteiger partial charge in [0.15, 0.2) is 6.17 Å². The summed E-state index contributed by atoms with van der Waals surface area (Å²) in [5, 5.41) is 21.7. The predicted octanol–water partition coefficient (Wildman–Crippen LogP) is 1.11. The molecule has 1 amide bonds. The van der Waals surface area contributed by atoms with Gasteiger partial charge in [0.2, 0.25) is 5.95 Å². The number of halogens is 1. The lowest BCUT2D eigenvalue weighted by atomic mass is 10.1. The van der Waals surface area contributed by atoms with Crippen molar-refractivity contribution in [2.75, 3.05) is 11.9 Å². The molecule has 1 aromatic carbocycles. The van der Waals surface area contributed by atoms with Gasteiger partial charge in [-0.15, -0.1) is 0 Å². The Morgan fingerprint density at radius 1 is 1.30 bits per heavy atom. The van der Waals surface area contributed by atoms with Crippen molar-refractivity contribution in [3.05, 3.63) is 60.0 Å². The molecular weight excluding hydrogens is 355 g/mol. The maximum atomic E-state index is 14.4. The minimum absolute atomic E-state index is 0.216. The number of hydrogen-bond donors (Lipinski definition) is 3. The summed E-state index contributed by atoms with van der Waals surface area (Å²) >= 11 is 0. The van der Waals surface area contributed by atoms with Gasteiger partial charge < -0.3 is 14.9 Å².